The van der Waals surface area contributed by atoms with Gasteiger partial charge in [-0.25, -0.2) is 0 Å². The first kappa shape index (κ1) is 14.0. The molecule has 1 aromatic heterocycles. The number of benzene rings is 1. The van der Waals surface area contributed by atoms with Crippen LogP contribution < -0.4 is 5.43 Å². The average Bonchev–Trinajstić information content (AvgIpc) is 2.40. The van der Waals surface area contributed by atoms with Crippen LogP contribution in [-0.2, 0) is 0 Å². The number of aryl methyl sites for hydroxylation is 1. The van der Waals surface area contributed by atoms with Gasteiger partial charge in [0.25, 0.3) is 11.9 Å². The highest BCUT2D eigenvalue weighted by Gasteiger charge is 2.20. The van der Waals surface area contributed by atoms with Crippen molar-refractivity contribution in [2.45, 2.75) is 6.92 Å². The van der Waals surface area contributed by atoms with E-state index in [1.165, 1.54) is 6.21 Å². The van der Waals surface area contributed by atoms with Crippen LogP contribution in [0.3, 0.4) is 0 Å². The van der Waals surface area contributed by atoms with Crippen molar-refractivity contribution in [1.29, 1.82) is 0 Å². The Bertz CT molecular complexity index is 645. The van der Waals surface area contributed by atoms with E-state index in [0.717, 1.165) is 5.56 Å². The van der Waals surface area contributed by atoms with Gasteiger partial charge in [0.1, 0.15) is 5.69 Å². The first-order valence-electron chi connectivity index (χ1n) is 5.54. The molecular formula is C13H9F4N3. The Hall–Kier alpha value is -2.44. The summed E-state index contributed by atoms with van der Waals surface area (Å²) in [7, 11) is 0. The lowest BCUT2D eigenvalue weighted by Gasteiger charge is -2.04. The SMILES string of the molecule is Cc1cccc(C=NNc2c(F)c(F)nc(F)c2F)c1. The molecule has 0 fully saturated rings. The van der Waals surface area contributed by atoms with E-state index in [1.54, 1.807) is 18.2 Å². The van der Waals surface area contributed by atoms with Crippen molar-refractivity contribution in [1.82, 2.24) is 4.98 Å². The number of hydrogen-bond acceptors (Lipinski definition) is 3. The molecule has 0 aliphatic heterocycles. The van der Waals surface area contributed by atoms with E-state index in [2.05, 4.69) is 10.1 Å². The normalized spacial score (nSPS) is 11.1. The topological polar surface area (TPSA) is 37.3 Å². The quantitative estimate of drug-likeness (QED) is 0.406. The fourth-order valence-electron chi connectivity index (χ4n) is 1.51. The third-order valence-corrected chi connectivity index (χ3v) is 2.43. The predicted molar refractivity (Wildman–Crippen MR) is 66.5 cm³/mol. The maximum absolute atomic E-state index is 13.3. The molecule has 7 heteroatoms. The molecule has 0 bridgehead atoms. The molecule has 2 rings (SSSR count). The van der Waals surface area contributed by atoms with Gasteiger partial charge in [0.15, 0.2) is 0 Å². The van der Waals surface area contributed by atoms with Crippen LogP contribution in [0.15, 0.2) is 29.4 Å². The minimum absolute atomic E-state index is 0.660. The fraction of sp³-hybridized carbons (Fsp3) is 0.0769. The molecule has 0 unspecified atom stereocenters. The molecule has 1 aromatic carbocycles. The molecule has 0 spiro atoms. The summed E-state index contributed by atoms with van der Waals surface area (Å²) < 4.78 is 52.2. The van der Waals surface area contributed by atoms with E-state index in [9.17, 15) is 17.6 Å². The van der Waals surface area contributed by atoms with E-state index in [-0.39, 0.29) is 0 Å². The van der Waals surface area contributed by atoms with Crippen LogP contribution in [0.5, 0.6) is 0 Å². The molecule has 1 heterocycles. The molecule has 2 aromatic rings. The molecule has 0 atom stereocenters. The first-order valence-corrected chi connectivity index (χ1v) is 5.54. The molecule has 104 valence electrons. The third kappa shape index (κ3) is 2.93. The van der Waals surface area contributed by atoms with Gasteiger partial charge in [-0.15, -0.1) is 0 Å². The van der Waals surface area contributed by atoms with Gasteiger partial charge in [0, 0.05) is 0 Å². The number of hydrazone groups is 1. The smallest absolute Gasteiger partial charge is 0.254 e. The van der Waals surface area contributed by atoms with Crippen molar-refractivity contribution in [3.63, 3.8) is 0 Å². The Morgan fingerprint density at radius 2 is 1.75 bits per heavy atom. The second-order valence-electron chi connectivity index (χ2n) is 3.98. The van der Waals surface area contributed by atoms with E-state index in [0.29, 0.717) is 5.56 Å². The van der Waals surface area contributed by atoms with Crippen molar-refractivity contribution in [2.75, 3.05) is 5.43 Å². The maximum Gasteiger partial charge on any atom is 0.254 e. The third-order valence-electron chi connectivity index (χ3n) is 2.43. The van der Waals surface area contributed by atoms with Crippen LogP contribution in [0.1, 0.15) is 11.1 Å². The van der Waals surface area contributed by atoms with Crippen molar-refractivity contribution < 1.29 is 17.6 Å². The van der Waals surface area contributed by atoms with Crippen LogP contribution in [0.25, 0.3) is 0 Å². The number of nitrogens with zero attached hydrogens (tertiary/aromatic N) is 2. The molecule has 3 nitrogen and oxygen atoms in total. The monoisotopic (exact) mass is 283 g/mol. The van der Waals surface area contributed by atoms with Gasteiger partial charge in [-0.3, -0.25) is 5.43 Å². The highest BCUT2D eigenvalue weighted by atomic mass is 19.2. The number of halogens is 4. The standard InChI is InChI=1S/C13H9F4N3/c1-7-3-2-4-8(5-7)6-18-20-11-9(14)12(16)19-13(17)10(11)15/h2-6H,1H3,(H,19,20). The number of hydrogen-bond donors (Lipinski definition) is 1. The maximum atomic E-state index is 13.3. The lowest BCUT2D eigenvalue weighted by molar-refractivity contribution is 0.411. The summed E-state index contributed by atoms with van der Waals surface area (Å²) in [6.07, 6.45) is 1.27. The first-order chi connectivity index (χ1) is 9.49. The van der Waals surface area contributed by atoms with Crippen LogP contribution in [0.4, 0.5) is 23.2 Å². The van der Waals surface area contributed by atoms with E-state index < -0.39 is 29.2 Å². The van der Waals surface area contributed by atoms with Gasteiger partial charge in [-0.2, -0.15) is 27.6 Å². The van der Waals surface area contributed by atoms with Crippen LogP contribution in [0, 0.1) is 30.5 Å². The van der Waals surface area contributed by atoms with Crippen molar-refractivity contribution in [2.24, 2.45) is 5.10 Å². The van der Waals surface area contributed by atoms with E-state index in [4.69, 9.17) is 0 Å². The largest absolute Gasteiger partial charge is 0.272 e. The molecule has 0 radical (unpaired) electrons. The zero-order valence-corrected chi connectivity index (χ0v) is 10.3. The van der Waals surface area contributed by atoms with E-state index >= 15 is 0 Å². The summed E-state index contributed by atoms with van der Waals surface area (Å²) in [5, 5.41) is 3.54. The summed E-state index contributed by atoms with van der Waals surface area (Å²) in [4.78, 5) is 2.44. The summed E-state index contributed by atoms with van der Waals surface area (Å²) in [5.74, 6) is -6.75. The summed E-state index contributed by atoms with van der Waals surface area (Å²) in [6.45, 7) is 1.86. The molecule has 0 aliphatic carbocycles. The summed E-state index contributed by atoms with van der Waals surface area (Å²) in [5.41, 5.74) is 2.53. The fourth-order valence-corrected chi connectivity index (χ4v) is 1.51. The summed E-state index contributed by atoms with van der Waals surface area (Å²) in [6, 6.07) is 7.10. The lowest BCUT2D eigenvalue weighted by Crippen LogP contribution is -2.05. The number of aromatic nitrogens is 1. The number of anilines is 1. The zero-order chi connectivity index (χ0) is 14.7. The lowest BCUT2D eigenvalue weighted by atomic mass is 10.2. The highest BCUT2D eigenvalue weighted by molar-refractivity contribution is 5.80. The Balaban J connectivity index is 2.23. The number of rotatable bonds is 3. The average molecular weight is 283 g/mol. The zero-order valence-electron chi connectivity index (χ0n) is 10.3. The Morgan fingerprint density at radius 3 is 2.35 bits per heavy atom. The second kappa shape index (κ2) is 5.68. The van der Waals surface area contributed by atoms with Crippen LogP contribution in [0.2, 0.25) is 0 Å². The van der Waals surface area contributed by atoms with Gasteiger partial charge >= 0.3 is 0 Å². The molecule has 20 heavy (non-hydrogen) atoms. The number of nitrogens with one attached hydrogen (secondary N) is 1. The van der Waals surface area contributed by atoms with Crippen LogP contribution >= 0.6 is 0 Å². The molecule has 1 N–H and O–H groups in total. The second-order valence-corrected chi connectivity index (χ2v) is 3.98. The van der Waals surface area contributed by atoms with Crippen molar-refractivity contribution in [3.8, 4) is 0 Å². The minimum Gasteiger partial charge on any atom is -0.272 e. The van der Waals surface area contributed by atoms with Gasteiger partial charge in [0.2, 0.25) is 11.6 Å². The van der Waals surface area contributed by atoms with Gasteiger partial charge in [-0.05, 0) is 12.5 Å². The minimum atomic E-state index is -1.74. The molecule has 0 amide bonds. The Labute approximate surface area is 112 Å². The van der Waals surface area contributed by atoms with Crippen molar-refractivity contribution in [3.05, 3.63) is 58.9 Å². The molecule has 0 aliphatic rings. The molecular weight excluding hydrogens is 274 g/mol. The molecule has 0 saturated carbocycles. The van der Waals surface area contributed by atoms with Gasteiger partial charge < -0.3 is 0 Å². The Morgan fingerprint density at radius 1 is 1.10 bits per heavy atom. The van der Waals surface area contributed by atoms with Gasteiger partial charge in [0.05, 0.1) is 6.21 Å². The summed E-state index contributed by atoms with van der Waals surface area (Å²) >= 11 is 0. The Kier molecular flexibility index (Phi) is 3.97. The van der Waals surface area contributed by atoms with E-state index in [1.807, 2.05) is 18.4 Å². The van der Waals surface area contributed by atoms with Crippen LogP contribution in [-0.4, -0.2) is 11.2 Å². The van der Waals surface area contributed by atoms with Gasteiger partial charge in [-0.1, -0.05) is 29.8 Å². The highest BCUT2D eigenvalue weighted by Crippen LogP contribution is 2.21. The number of pyridine rings is 1. The molecule has 0 saturated heterocycles. The predicted octanol–water partition coefficient (Wildman–Crippen LogP) is 3.39. The van der Waals surface area contributed by atoms with Crippen molar-refractivity contribution >= 4 is 11.9 Å².